The van der Waals surface area contributed by atoms with Crippen molar-refractivity contribution in [2.24, 2.45) is 5.73 Å². The second-order valence-corrected chi connectivity index (χ2v) is 9.77. The van der Waals surface area contributed by atoms with Gasteiger partial charge in [0.25, 0.3) is 5.69 Å². The number of hydrogen-bond donors (Lipinski definition) is 3. The van der Waals surface area contributed by atoms with E-state index in [1.54, 1.807) is 6.92 Å². The van der Waals surface area contributed by atoms with Crippen molar-refractivity contribution in [3.05, 3.63) is 99.9 Å². The third-order valence-corrected chi connectivity index (χ3v) is 5.72. The summed E-state index contributed by atoms with van der Waals surface area (Å²) in [5.74, 6) is -0.991. The lowest BCUT2D eigenvalue weighted by Gasteiger charge is -2.06. The summed E-state index contributed by atoms with van der Waals surface area (Å²) in [4.78, 5) is 41.8. The van der Waals surface area contributed by atoms with Crippen molar-refractivity contribution in [2.75, 3.05) is 50.1 Å². The minimum Gasteiger partial charge on any atom is -0.466 e. The van der Waals surface area contributed by atoms with Gasteiger partial charge >= 0.3 is 17.9 Å². The molecular weight excluding hydrogens is 694 g/mol. The third kappa shape index (κ3) is 27.5. The van der Waals surface area contributed by atoms with E-state index >= 15 is 0 Å². The predicted molar refractivity (Wildman–Crippen MR) is 200 cm³/mol. The van der Waals surface area contributed by atoms with Crippen molar-refractivity contribution < 1.29 is 37.9 Å². The van der Waals surface area contributed by atoms with Gasteiger partial charge < -0.3 is 30.6 Å². The van der Waals surface area contributed by atoms with Crippen LogP contribution >= 0.6 is 24.8 Å². The van der Waals surface area contributed by atoms with Crippen molar-refractivity contribution in [3.8, 4) is 0 Å². The van der Waals surface area contributed by atoms with Gasteiger partial charge in [0.15, 0.2) is 0 Å². The average molecular weight is 746 g/mol. The molecule has 0 atom stereocenters. The summed E-state index contributed by atoms with van der Waals surface area (Å²) in [7, 11) is 0. The van der Waals surface area contributed by atoms with E-state index in [4.69, 9.17) is 15.2 Å². The highest BCUT2D eigenvalue weighted by Gasteiger charge is 2.03. The van der Waals surface area contributed by atoms with Crippen LogP contribution in [0.25, 0.3) is 0 Å². The van der Waals surface area contributed by atoms with Crippen molar-refractivity contribution >= 4 is 59.8 Å². The molecule has 0 aliphatic heterocycles. The molecular formula is C35H51Cl2FN4O8. The Morgan fingerprint density at radius 1 is 0.660 bits per heavy atom. The Kier molecular flexibility index (Phi) is 31.7. The molecule has 0 unspecified atom stereocenters. The van der Waals surface area contributed by atoms with E-state index in [-0.39, 0.29) is 48.4 Å². The standard InChI is InChI=1S/2C12H17NO2.C6H4FNO2.C5H11NO2.2ClH/c2*1-3-15-12(14)8-9-13-11-6-4-10(2)5-7-11;7-5-1-3-6(4-2-5)8(9)10;1-2-8-5(7)3-4-6;;/h2*4-7,13H,3,8-9H2,1-2H3;1-4H;2-4,6H2,1H3;2*1H. The first-order valence-electron chi connectivity index (χ1n) is 15.6. The summed E-state index contributed by atoms with van der Waals surface area (Å²) >= 11 is 0. The van der Waals surface area contributed by atoms with Crippen LogP contribution in [0.5, 0.6) is 0 Å². The molecule has 0 spiro atoms. The van der Waals surface area contributed by atoms with Gasteiger partial charge in [0.1, 0.15) is 5.82 Å². The van der Waals surface area contributed by atoms with Crippen LogP contribution in [0.1, 0.15) is 51.2 Å². The molecule has 0 radical (unpaired) electrons. The minimum absolute atomic E-state index is 0. The van der Waals surface area contributed by atoms with Crippen molar-refractivity contribution in [2.45, 2.75) is 53.9 Å². The normalized spacial score (nSPS) is 9.10. The van der Waals surface area contributed by atoms with Gasteiger partial charge in [0, 0.05) is 43.1 Å². The van der Waals surface area contributed by atoms with Crippen molar-refractivity contribution in [1.29, 1.82) is 0 Å². The van der Waals surface area contributed by atoms with Crippen LogP contribution in [0.2, 0.25) is 0 Å². The summed E-state index contributed by atoms with van der Waals surface area (Å²) in [5.41, 5.74) is 9.48. The number of ether oxygens (including phenoxy) is 3. The molecule has 3 aromatic rings. The fraction of sp³-hybridized carbons (Fsp3) is 0.400. The van der Waals surface area contributed by atoms with Crippen LogP contribution in [0.4, 0.5) is 21.5 Å². The zero-order valence-electron chi connectivity index (χ0n) is 29.3. The Labute approximate surface area is 306 Å². The second kappa shape index (κ2) is 31.8. The number of nitrogens with zero attached hydrogens (tertiary/aromatic N) is 1. The number of carbonyl (C=O) groups excluding carboxylic acids is 3. The minimum atomic E-state index is -0.570. The Balaban J connectivity index is -0.000000599. The van der Waals surface area contributed by atoms with Gasteiger partial charge in [-0.2, -0.15) is 0 Å². The number of nitrogens with one attached hydrogen (secondary N) is 2. The fourth-order valence-corrected chi connectivity index (χ4v) is 3.34. The quantitative estimate of drug-likeness (QED) is 0.0660. The van der Waals surface area contributed by atoms with E-state index in [2.05, 4.69) is 15.4 Å². The van der Waals surface area contributed by atoms with Gasteiger partial charge in [-0.15, -0.1) is 24.8 Å². The van der Waals surface area contributed by atoms with E-state index in [9.17, 15) is 28.9 Å². The highest BCUT2D eigenvalue weighted by atomic mass is 35.5. The lowest BCUT2D eigenvalue weighted by Crippen LogP contribution is -2.11. The number of hydrogen-bond acceptors (Lipinski definition) is 11. The number of rotatable bonds is 14. The summed E-state index contributed by atoms with van der Waals surface area (Å²) in [6.45, 7) is 12.4. The number of nitrogens with two attached hydrogens (primary N) is 1. The van der Waals surface area contributed by atoms with Gasteiger partial charge in [-0.05, 0) is 71.0 Å². The highest BCUT2D eigenvalue weighted by molar-refractivity contribution is 5.85. The molecule has 0 saturated carbocycles. The number of halogens is 3. The maximum Gasteiger partial charge on any atom is 0.307 e. The highest BCUT2D eigenvalue weighted by Crippen LogP contribution is 2.11. The number of aryl methyl sites for hydroxylation is 2. The molecule has 280 valence electrons. The maximum atomic E-state index is 12.1. The number of carbonyl (C=O) groups is 3. The molecule has 0 heterocycles. The number of esters is 3. The molecule has 0 aliphatic carbocycles. The molecule has 0 fully saturated rings. The summed E-state index contributed by atoms with van der Waals surface area (Å²) in [6, 6.07) is 20.5. The topological polar surface area (TPSA) is 172 Å². The van der Waals surface area contributed by atoms with Gasteiger partial charge in [-0.25, -0.2) is 4.39 Å². The van der Waals surface area contributed by atoms with E-state index in [0.29, 0.717) is 58.7 Å². The van der Waals surface area contributed by atoms with Crippen molar-refractivity contribution in [1.82, 2.24) is 0 Å². The number of benzene rings is 3. The number of nitro groups is 1. The van der Waals surface area contributed by atoms with E-state index < -0.39 is 10.7 Å². The first kappa shape index (κ1) is 49.9. The lowest BCUT2D eigenvalue weighted by molar-refractivity contribution is -0.384. The SMILES string of the molecule is CCOC(=O)CCN.CCOC(=O)CCNc1ccc(C)cc1.CCOC(=O)CCNc1ccc(C)cc1.Cl.Cl.O=[N+]([O-])c1ccc(F)cc1. The molecule has 0 amide bonds. The Hall–Kier alpha value is -4.46. The molecule has 0 aromatic heterocycles. The number of nitro benzene ring substituents is 1. The molecule has 12 nitrogen and oxygen atoms in total. The maximum absolute atomic E-state index is 12.1. The van der Waals surface area contributed by atoms with Gasteiger partial charge in [-0.3, -0.25) is 24.5 Å². The first-order chi connectivity index (χ1) is 22.9. The molecule has 15 heteroatoms. The zero-order valence-corrected chi connectivity index (χ0v) is 30.9. The van der Waals surface area contributed by atoms with E-state index in [0.717, 1.165) is 35.6 Å². The Morgan fingerprint density at radius 3 is 1.30 bits per heavy atom. The van der Waals surface area contributed by atoms with Crippen LogP contribution in [0.3, 0.4) is 0 Å². The fourth-order valence-electron chi connectivity index (χ4n) is 3.34. The third-order valence-electron chi connectivity index (χ3n) is 5.72. The summed E-state index contributed by atoms with van der Waals surface area (Å²) in [6.07, 6.45) is 1.14. The Morgan fingerprint density at radius 2 is 1.00 bits per heavy atom. The van der Waals surface area contributed by atoms with Crippen LogP contribution < -0.4 is 16.4 Å². The summed E-state index contributed by atoms with van der Waals surface area (Å²) < 4.78 is 26.3. The number of anilines is 2. The lowest BCUT2D eigenvalue weighted by atomic mass is 10.2. The van der Waals surface area contributed by atoms with E-state index in [1.165, 1.54) is 11.1 Å². The molecule has 3 rings (SSSR count). The second-order valence-electron chi connectivity index (χ2n) is 9.77. The van der Waals surface area contributed by atoms with Gasteiger partial charge in [-0.1, -0.05) is 35.4 Å². The smallest absolute Gasteiger partial charge is 0.307 e. The molecule has 3 aromatic carbocycles. The van der Waals surface area contributed by atoms with Gasteiger partial charge in [0.05, 0.1) is 44.0 Å². The first-order valence-corrected chi connectivity index (χ1v) is 15.6. The van der Waals surface area contributed by atoms with Crippen LogP contribution in [-0.2, 0) is 28.6 Å². The monoisotopic (exact) mass is 744 g/mol. The number of non-ortho nitro benzene ring substituents is 1. The summed E-state index contributed by atoms with van der Waals surface area (Å²) in [5, 5.41) is 16.3. The van der Waals surface area contributed by atoms with Crippen LogP contribution in [-0.4, -0.2) is 62.3 Å². The van der Waals surface area contributed by atoms with Crippen LogP contribution in [0, 0.1) is 29.8 Å². The van der Waals surface area contributed by atoms with E-state index in [1.807, 2.05) is 76.2 Å². The molecule has 4 N–H and O–H groups in total. The predicted octanol–water partition coefficient (Wildman–Crippen LogP) is 7.20. The molecule has 0 saturated heterocycles. The zero-order chi connectivity index (χ0) is 36.2. The largest absolute Gasteiger partial charge is 0.466 e. The van der Waals surface area contributed by atoms with Gasteiger partial charge in [0.2, 0.25) is 0 Å². The molecule has 0 bridgehead atoms. The molecule has 0 aliphatic rings. The average Bonchev–Trinajstić information content (AvgIpc) is 3.05. The van der Waals surface area contributed by atoms with Crippen molar-refractivity contribution in [3.63, 3.8) is 0 Å². The Bertz CT molecular complexity index is 1260. The van der Waals surface area contributed by atoms with Crippen LogP contribution in [0.15, 0.2) is 72.8 Å². The molecule has 50 heavy (non-hydrogen) atoms.